The third kappa shape index (κ3) is 5.00. The number of hydrogen-bond acceptors (Lipinski definition) is 3. The molecular weight excluding hydrogens is 196 g/mol. The Morgan fingerprint density at radius 1 is 1.53 bits per heavy atom. The van der Waals surface area contributed by atoms with Crippen LogP contribution in [-0.2, 0) is 14.3 Å². The van der Waals surface area contributed by atoms with Gasteiger partial charge < -0.3 is 9.84 Å². The van der Waals surface area contributed by atoms with Gasteiger partial charge >= 0.3 is 11.9 Å². The Balaban J connectivity index is 2.04. The highest BCUT2D eigenvalue weighted by molar-refractivity contribution is 5.79. The molecule has 1 aliphatic rings. The van der Waals surface area contributed by atoms with Gasteiger partial charge in [-0.3, -0.25) is 4.79 Å². The molecule has 0 fully saturated rings. The maximum absolute atomic E-state index is 11.1. The van der Waals surface area contributed by atoms with Gasteiger partial charge in [-0.15, -0.1) is 0 Å². The SMILES string of the molecule is O=C(O)C=CCCCC(=O)OC1=CCC1. The fourth-order valence-electron chi connectivity index (χ4n) is 1.10. The molecule has 0 aromatic carbocycles. The first kappa shape index (κ1) is 11.5. The first-order chi connectivity index (χ1) is 7.18. The smallest absolute Gasteiger partial charge is 0.327 e. The van der Waals surface area contributed by atoms with Crippen LogP contribution in [0.4, 0.5) is 0 Å². The summed E-state index contributed by atoms with van der Waals surface area (Å²) >= 11 is 0. The lowest BCUT2D eigenvalue weighted by Gasteiger charge is -2.13. The molecule has 82 valence electrons. The number of ether oxygens (including phenoxy) is 1. The number of carboxylic acids is 1. The maximum Gasteiger partial charge on any atom is 0.327 e. The minimum atomic E-state index is -0.961. The zero-order chi connectivity index (χ0) is 11.1. The van der Waals surface area contributed by atoms with Crippen LogP contribution in [0, 0.1) is 0 Å². The lowest BCUT2D eigenvalue weighted by Crippen LogP contribution is -2.07. The summed E-state index contributed by atoms with van der Waals surface area (Å²) in [6.45, 7) is 0. The van der Waals surface area contributed by atoms with Crippen molar-refractivity contribution in [2.45, 2.75) is 32.1 Å². The van der Waals surface area contributed by atoms with Crippen molar-refractivity contribution in [1.82, 2.24) is 0 Å². The van der Waals surface area contributed by atoms with Gasteiger partial charge in [0.05, 0.1) is 0 Å². The first-order valence-corrected chi connectivity index (χ1v) is 4.97. The van der Waals surface area contributed by atoms with E-state index >= 15 is 0 Å². The molecule has 0 spiro atoms. The van der Waals surface area contributed by atoms with Crippen molar-refractivity contribution in [3.8, 4) is 0 Å². The molecule has 0 saturated carbocycles. The van der Waals surface area contributed by atoms with E-state index in [0.29, 0.717) is 19.3 Å². The third-order valence-electron chi connectivity index (χ3n) is 2.02. The number of carboxylic acid groups (broad SMARTS) is 1. The topological polar surface area (TPSA) is 63.6 Å². The summed E-state index contributed by atoms with van der Waals surface area (Å²) in [5.74, 6) is -0.428. The van der Waals surface area contributed by atoms with E-state index in [9.17, 15) is 9.59 Å². The van der Waals surface area contributed by atoms with Crippen molar-refractivity contribution < 1.29 is 19.4 Å². The molecular formula is C11H14O4. The first-order valence-electron chi connectivity index (χ1n) is 4.97. The van der Waals surface area contributed by atoms with Crippen LogP contribution >= 0.6 is 0 Å². The summed E-state index contributed by atoms with van der Waals surface area (Å²) in [5.41, 5.74) is 0. The maximum atomic E-state index is 11.1. The lowest BCUT2D eigenvalue weighted by atomic mass is 10.1. The molecule has 4 heteroatoms. The number of carbonyl (C=O) groups is 2. The van der Waals surface area contributed by atoms with Gasteiger partial charge in [0, 0.05) is 18.9 Å². The summed E-state index contributed by atoms with van der Waals surface area (Å²) < 4.78 is 5.00. The van der Waals surface area contributed by atoms with Crippen LogP contribution in [0.15, 0.2) is 24.0 Å². The molecule has 15 heavy (non-hydrogen) atoms. The van der Waals surface area contributed by atoms with Gasteiger partial charge in [0.25, 0.3) is 0 Å². The van der Waals surface area contributed by atoms with Gasteiger partial charge in [-0.2, -0.15) is 0 Å². The van der Waals surface area contributed by atoms with Gasteiger partial charge in [-0.05, 0) is 25.3 Å². The highest BCUT2D eigenvalue weighted by Gasteiger charge is 2.11. The van der Waals surface area contributed by atoms with Crippen LogP contribution in [0.3, 0.4) is 0 Å². The van der Waals surface area contributed by atoms with Crippen molar-refractivity contribution >= 4 is 11.9 Å². The molecule has 1 N–H and O–H groups in total. The molecule has 1 rings (SSSR count). The zero-order valence-electron chi connectivity index (χ0n) is 8.44. The van der Waals surface area contributed by atoms with E-state index in [4.69, 9.17) is 9.84 Å². The molecule has 0 bridgehead atoms. The van der Waals surface area contributed by atoms with Gasteiger partial charge in [0.15, 0.2) is 0 Å². The molecule has 1 aliphatic carbocycles. The molecule has 0 aromatic heterocycles. The Kier molecular flexibility index (Phi) is 4.60. The number of aliphatic carboxylic acids is 1. The number of hydrogen-bond donors (Lipinski definition) is 1. The Morgan fingerprint density at radius 2 is 2.27 bits per heavy atom. The summed E-state index contributed by atoms with van der Waals surface area (Å²) in [5, 5.41) is 8.29. The van der Waals surface area contributed by atoms with Crippen LogP contribution in [0.25, 0.3) is 0 Å². The predicted molar refractivity (Wildman–Crippen MR) is 54.0 cm³/mol. The molecule has 0 unspecified atom stereocenters. The number of carbonyl (C=O) groups excluding carboxylic acids is 1. The quantitative estimate of drug-likeness (QED) is 0.414. The summed E-state index contributed by atoms with van der Waals surface area (Å²) in [6.07, 6.45) is 7.90. The molecule has 0 heterocycles. The van der Waals surface area contributed by atoms with Crippen molar-refractivity contribution in [1.29, 1.82) is 0 Å². The van der Waals surface area contributed by atoms with Crippen LogP contribution in [0.1, 0.15) is 32.1 Å². The molecule has 0 atom stereocenters. The standard InChI is InChI=1S/C11H14O4/c12-10(13)7-2-1-3-8-11(14)15-9-5-4-6-9/h2,5,7H,1,3-4,6,8H2,(H,12,13). The van der Waals surface area contributed by atoms with E-state index in [0.717, 1.165) is 24.7 Å². The summed E-state index contributed by atoms with van der Waals surface area (Å²) in [6, 6.07) is 0. The van der Waals surface area contributed by atoms with Crippen molar-refractivity contribution in [3.63, 3.8) is 0 Å². The van der Waals surface area contributed by atoms with E-state index in [2.05, 4.69) is 0 Å². The summed E-state index contributed by atoms with van der Waals surface area (Å²) in [4.78, 5) is 21.2. The fourth-order valence-corrected chi connectivity index (χ4v) is 1.10. The normalized spacial score (nSPS) is 14.5. The van der Waals surface area contributed by atoms with Crippen LogP contribution < -0.4 is 0 Å². The molecule has 0 radical (unpaired) electrons. The van der Waals surface area contributed by atoms with E-state index in [-0.39, 0.29) is 5.97 Å². The second-order valence-electron chi connectivity index (χ2n) is 3.32. The van der Waals surface area contributed by atoms with Gasteiger partial charge in [-0.25, -0.2) is 4.79 Å². The average molecular weight is 210 g/mol. The minimum absolute atomic E-state index is 0.232. The lowest BCUT2D eigenvalue weighted by molar-refractivity contribution is -0.140. The Labute approximate surface area is 88.2 Å². The van der Waals surface area contributed by atoms with Crippen LogP contribution in [0.5, 0.6) is 0 Å². The average Bonchev–Trinajstić information content (AvgIpc) is 2.10. The third-order valence-corrected chi connectivity index (χ3v) is 2.02. The summed E-state index contributed by atoms with van der Waals surface area (Å²) in [7, 11) is 0. The molecule has 0 saturated heterocycles. The van der Waals surface area contributed by atoms with Gasteiger partial charge in [0.2, 0.25) is 0 Å². The second-order valence-corrected chi connectivity index (χ2v) is 3.32. The van der Waals surface area contributed by atoms with Crippen molar-refractivity contribution in [3.05, 3.63) is 24.0 Å². The van der Waals surface area contributed by atoms with Crippen LogP contribution in [-0.4, -0.2) is 17.0 Å². The molecule has 4 nitrogen and oxygen atoms in total. The Morgan fingerprint density at radius 3 is 2.80 bits per heavy atom. The monoisotopic (exact) mass is 210 g/mol. The zero-order valence-corrected chi connectivity index (χ0v) is 8.44. The fraction of sp³-hybridized carbons (Fsp3) is 0.455. The second kappa shape index (κ2) is 6.01. The highest BCUT2D eigenvalue weighted by atomic mass is 16.5. The Bertz CT molecular complexity index is 302. The van der Waals surface area contributed by atoms with Gasteiger partial charge in [-0.1, -0.05) is 6.08 Å². The van der Waals surface area contributed by atoms with E-state index < -0.39 is 5.97 Å². The molecule has 0 aliphatic heterocycles. The predicted octanol–water partition coefficient (Wildman–Crippen LogP) is 2.02. The number of allylic oxidation sites excluding steroid dienone is 3. The number of esters is 1. The van der Waals surface area contributed by atoms with Crippen molar-refractivity contribution in [2.75, 3.05) is 0 Å². The van der Waals surface area contributed by atoms with E-state index in [1.807, 2.05) is 6.08 Å². The van der Waals surface area contributed by atoms with Crippen molar-refractivity contribution in [2.24, 2.45) is 0 Å². The van der Waals surface area contributed by atoms with E-state index in [1.165, 1.54) is 6.08 Å². The van der Waals surface area contributed by atoms with Crippen LogP contribution in [0.2, 0.25) is 0 Å². The largest absolute Gasteiger partial charge is 0.478 e. The Hall–Kier alpha value is -1.58. The number of rotatable bonds is 6. The molecule has 0 aromatic rings. The highest BCUT2D eigenvalue weighted by Crippen LogP contribution is 2.19. The van der Waals surface area contributed by atoms with E-state index in [1.54, 1.807) is 0 Å². The molecule has 0 amide bonds. The van der Waals surface area contributed by atoms with Gasteiger partial charge in [0.1, 0.15) is 5.76 Å². The minimum Gasteiger partial charge on any atom is -0.478 e. The number of unbranched alkanes of at least 4 members (excludes halogenated alkanes) is 1.